The van der Waals surface area contributed by atoms with Gasteiger partial charge in [0.05, 0.1) is 11.3 Å². The van der Waals surface area contributed by atoms with Crippen LogP contribution in [0.1, 0.15) is 11.1 Å². The molecule has 6 nitrogen and oxygen atoms in total. The van der Waals surface area contributed by atoms with E-state index in [4.69, 9.17) is 5.73 Å². The van der Waals surface area contributed by atoms with Crippen molar-refractivity contribution in [3.05, 3.63) is 35.4 Å². The molecule has 2 aromatic rings. The second kappa shape index (κ2) is 8.29. The van der Waals surface area contributed by atoms with Crippen LogP contribution in [0.4, 0.5) is 24.8 Å². The number of nitrogen functional groups attached to an aromatic ring is 1. The predicted molar refractivity (Wildman–Crippen MR) is 93.7 cm³/mol. The Morgan fingerprint density at radius 1 is 1.35 bits per heavy atom. The Balaban J connectivity index is 2.09. The lowest BCUT2D eigenvalue weighted by atomic mass is 10.2. The van der Waals surface area contributed by atoms with Crippen molar-refractivity contribution in [1.29, 1.82) is 5.26 Å². The van der Waals surface area contributed by atoms with Gasteiger partial charge in [-0.2, -0.15) is 18.4 Å². The molecule has 0 atom stereocenters. The summed E-state index contributed by atoms with van der Waals surface area (Å²) in [7, 11) is 0. The minimum Gasteiger partial charge on any atom is -0.368 e. The number of nitrogens with two attached hydrogens (primary N) is 1. The number of nitrogens with one attached hydrogen (secondary N) is 1. The summed E-state index contributed by atoms with van der Waals surface area (Å²) in [6.45, 7) is 0. The van der Waals surface area contributed by atoms with E-state index in [9.17, 15) is 23.2 Å². The number of hydrogen-bond acceptors (Lipinski definition) is 7. The summed E-state index contributed by atoms with van der Waals surface area (Å²) in [5, 5.41) is 12.2. The molecule has 136 valence electrons. The Hall–Kier alpha value is -2.45. The standard InChI is InChI=1S/C15H12F3N5OS2/c1-25-12-10(6-19)13(23-14(20)22-12)26-7-11(24)21-9-4-2-3-8(5-9)15(16,17)18/h2-5H,7H2,1H3,(H,21,24)(H2,20,22,23). The molecule has 0 fully saturated rings. The van der Waals surface area contributed by atoms with Crippen LogP contribution >= 0.6 is 23.5 Å². The van der Waals surface area contributed by atoms with E-state index in [1.807, 2.05) is 6.07 Å². The third kappa shape index (κ3) is 5.03. The molecule has 26 heavy (non-hydrogen) atoms. The van der Waals surface area contributed by atoms with Crippen molar-refractivity contribution in [3.63, 3.8) is 0 Å². The van der Waals surface area contributed by atoms with Gasteiger partial charge in [-0.05, 0) is 24.5 Å². The first kappa shape index (κ1) is 19.9. The van der Waals surface area contributed by atoms with E-state index in [0.29, 0.717) is 5.03 Å². The quantitative estimate of drug-likeness (QED) is 0.586. The lowest BCUT2D eigenvalue weighted by Gasteiger charge is -2.10. The van der Waals surface area contributed by atoms with E-state index in [1.54, 1.807) is 6.26 Å². The second-order valence-corrected chi connectivity index (χ2v) is 6.56. The van der Waals surface area contributed by atoms with Crippen LogP contribution in [-0.4, -0.2) is 27.9 Å². The van der Waals surface area contributed by atoms with E-state index in [-0.39, 0.29) is 28.0 Å². The number of carbonyl (C=O) groups is 1. The number of carbonyl (C=O) groups excluding carboxylic acids is 1. The van der Waals surface area contributed by atoms with Crippen LogP contribution in [0.5, 0.6) is 0 Å². The number of nitriles is 1. The van der Waals surface area contributed by atoms with Crippen LogP contribution < -0.4 is 11.1 Å². The molecule has 1 aromatic carbocycles. The molecular formula is C15H12F3N5OS2. The van der Waals surface area contributed by atoms with E-state index in [1.165, 1.54) is 23.9 Å². The zero-order chi connectivity index (χ0) is 19.3. The van der Waals surface area contributed by atoms with Gasteiger partial charge in [-0.25, -0.2) is 9.97 Å². The number of alkyl halides is 3. The molecule has 0 spiro atoms. The number of halogens is 3. The Labute approximate surface area is 155 Å². The highest BCUT2D eigenvalue weighted by Crippen LogP contribution is 2.31. The zero-order valence-corrected chi connectivity index (χ0v) is 14.9. The number of benzene rings is 1. The van der Waals surface area contributed by atoms with Crippen molar-refractivity contribution in [2.24, 2.45) is 0 Å². The third-order valence-electron chi connectivity index (χ3n) is 2.98. The molecule has 0 aliphatic rings. The van der Waals surface area contributed by atoms with Gasteiger partial charge in [0.25, 0.3) is 0 Å². The van der Waals surface area contributed by atoms with E-state index < -0.39 is 17.6 Å². The van der Waals surface area contributed by atoms with Crippen LogP contribution in [-0.2, 0) is 11.0 Å². The summed E-state index contributed by atoms with van der Waals surface area (Å²) in [6.07, 6.45) is -2.78. The van der Waals surface area contributed by atoms with Crippen molar-refractivity contribution in [2.75, 3.05) is 23.1 Å². The van der Waals surface area contributed by atoms with Crippen LogP contribution in [0, 0.1) is 11.3 Å². The van der Waals surface area contributed by atoms with Gasteiger partial charge in [-0.1, -0.05) is 17.8 Å². The average molecular weight is 399 g/mol. The largest absolute Gasteiger partial charge is 0.416 e. The fraction of sp³-hybridized carbons (Fsp3) is 0.200. The Morgan fingerprint density at radius 3 is 2.65 bits per heavy atom. The fourth-order valence-corrected chi connectivity index (χ4v) is 3.27. The SMILES string of the molecule is CSc1nc(N)nc(SCC(=O)Nc2cccc(C(F)(F)F)c2)c1C#N. The van der Waals surface area contributed by atoms with E-state index in [0.717, 1.165) is 23.9 Å². The van der Waals surface area contributed by atoms with E-state index in [2.05, 4.69) is 15.3 Å². The van der Waals surface area contributed by atoms with Gasteiger partial charge >= 0.3 is 6.18 Å². The Bertz CT molecular complexity index is 867. The first-order chi connectivity index (χ1) is 12.2. The molecule has 0 aliphatic carbocycles. The Morgan fingerprint density at radius 2 is 2.04 bits per heavy atom. The number of nitrogens with zero attached hydrogens (tertiary/aromatic N) is 3. The van der Waals surface area contributed by atoms with Gasteiger partial charge in [-0.15, -0.1) is 11.8 Å². The third-order valence-corrected chi connectivity index (χ3v) is 4.64. The van der Waals surface area contributed by atoms with Gasteiger partial charge in [0.1, 0.15) is 21.7 Å². The topological polar surface area (TPSA) is 105 Å². The maximum absolute atomic E-state index is 12.7. The minimum atomic E-state index is -4.50. The summed E-state index contributed by atoms with van der Waals surface area (Å²) in [4.78, 5) is 19.9. The van der Waals surface area contributed by atoms with Gasteiger partial charge < -0.3 is 11.1 Å². The summed E-state index contributed by atoms with van der Waals surface area (Å²) in [5.74, 6) is -0.731. The molecule has 0 radical (unpaired) electrons. The monoisotopic (exact) mass is 399 g/mol. The van der Waals surface area contributed by atoms with Crippen molar-refractivity contribution in [2.45, 2.75) is 16.2 Å². The van der Waals surface area contributed by atoms with Crippen molar-refractivity contribution >= 4 is 41.1 Å². The fourth-order valence-electron chi connectivity index (χ4n) is 1.89. The molecule has 0 saturated heterocycles. The summed E-state index contributed by atoms with van der Waals surface area (Å²) < 4.78 is 38.1. The number of rotatable bonds is 5. The van der Waals surface area contributed by atoms with Crippen molar-refractivity contribution < 1.29 is 18.0 Å². The molecule has 0 saturated carbocycles. The molecule has 0 bridgehead atoms. The second-order valence-electron chi connectivity index (χ2n) is 4.80. The highest BCUT2D eigenvalue weighted by Gasteiger charge is 2.30. The lowest BCUT2D eigenvalue weighted by Crippen LogP contribution is -2.15. The Kier molecular flexibility index (Phi) is 6.33. The first-order valence-electron chi connectivity index (χ1n) is 6.96. The summed E-state index contributed by atoms with van der Waals surface area (Å²) in [6, 6.07) is 6.28. The molecule has 0 aliphatic heterocycles. The molecule has 0 unspecified atom stereocenters. The number of anilines is 2. The molecule has 11 heteroatoms. The highest BCUT2D eigenvalue weighted by molar-refractivity contribution is 8.00. The summed E-state index contributed by atoms with van der Waals surface area (Å²) >= 11 is 2.17. The van der Waals surface area contributed by atoms with Crippen LogP contribution in [0.25, 0.3) is 0 Å². The molecule has 1 heterocycles. The number of amides is 1. The number of hydrogen-bond donors (Lipinski definition) is 2. The van der Waals surface area contributed by atoms with Crippen LogP contribution in [0.15, 0.2) is 34.3 Å². The maximum atomic E-state index is 12.7. The lowest BCUT2D eigenvalue weighted by molar-refractivity contribution is -0.137. The average Bonchev–Trinajstić information content (AvgIpc) is 2.58. The molecule has 1 amide bonds. The molecule has 3 N–H and O–H groups in total. The van der Waals surface area contributed by atoms with Crippen molar-refractivity contribution in [3.8, 4) is 6.07 Å². The molecule has 2 rings (SSSR count). The maximum Gasteiger partial charge on any atom is 0.416 e. The van der Waals surface area contributed by atoms with Gasteiger partial charge in [-0.3, -0.25) is 4.79 Å². The van der Waals surface area contributed by atoms with Crippen molar-refractivity contribution in [1.82, 2.24) is 9.97 Å². The highest BCUT2D eigenvalue weighted by atomic mass is 32.2. The van der Waals surface area contributed by atoms with Gasteiger partial charge in [0, 0.05) is 5.69 Å². The van der Waals surface area contributed by atoms with Crippen LogP contribution in [0.2, 0.25) is 0 Å². The van der Waals surface area contributed by atoms with Gasteiger partial charge in [0.2, 0.25) is 11.9 Å². The van der Waals surface area contributed by atoms with Crippen LogP contribution in [0.3, 0.4) is 0 Å². The summed E-state index contributed by atoms with van der Waals surface area (Å²) in [5.41, 5.74) is 4.95. The van der Waals surface area contributed by atoms with E-state index >= 15 is 0 Å². The number of aromatic nitrogens is 2. The molecule has 1 aromatic heterocycles. The van der Waals surface area contributed by atoms with Gasteiger partial charge in [0.15, 0.2) is 0 Å². The minimum absolute atomic E-state index is 0.0259. The predicted octanol–water partition coefficient (Wildman–Crippen LogP) is 3.40. The molecular weight excluding hydrogens is 387 g/mol. The first-order valence-corrected chi connectivity index (χ1v) is 9.17. The number of thioether (sulfide) groups is 2. The smallest absolute Gasteiger partial charge is 0.368 e. The zero-order valence-electron chi connectivity index (χ0n) is 13.3. The normalized spacial score (nSPS) is 11.0.